The number of likely N-dealkylation sites (N-methyl/N-ethyl adjacent to an activating group) is 1. The number of hydrogen-bond donors (Lipinski definition) is 0. The fraction of sp³-hybridized carbons (Fsp3) is 0.778. The van der Waals surface area contributed by atoms with Crippen molar-refractivity contribution in [2.45, 2.75) is 32.1 Å². The number of carbonyl (C=O) groups is 2. The average molecular weight is 400 g/mol. The summed E-state index contributed by atoms with van der Waals surface area (Å²) in [5.74, 6) is 0. The van der Waals surface area contributed by atoms with Crippen LogP contribution in [0, 0.1) is 0 Å². The highest BCUT2D eigenvalue weighted by atomic mass is 16.5. The smallest absolute Gasteiger partial charge is 0.327 e. The Balaban J connectivity index is 2.36. The summed E-state index contributed by atoms with van der Waals surface area (Å²) >= 11 is 0. The first-order valence-corrected chi connectivity index (χ1v) is 9.24. The molecule has 0 aromatic heterocycles. The van der Waals surface area contributed by atoms with E-state index in [0.29, 0.717) is 19.8 Å². The van der Waals surface area contributed by atoms with Crippen molar-refractivity contribution < 1.29 is 28.5 Å². The number of nitrogens with zero attached hydrogens (tertiary/aromatic N) is 4. The van der Waals surface area contributed by atoms with Crippen LogP contribution < -0.4 is 0 Å². The minimum absolute atomic E-state index is 0.0348. The summed E-state index contributed by atoms with van der Waals surface area (Å²) in [5.41, 5.74) is -1.94. The normalized spacial score (nSPS) is 27.6. The molecule has 2 saturated heterocycles. The lowest BCUT2D eigenvalue weighted by Crippen LogP contribution is -2.65. The second-order valence-electron chi connectivity index (χ2n) is 6.90. The number of urea groups is 2. The zero-order valence-electron chi connectivity index (χ0n) is 17.6. The summed E-state index contributed by atoms with van der Waals surface area (Å²) in [5, 5.41) is 0. The van der Waals surface area contributed by atoms with E-state index in [1.165, 1.54) is 14.2 Å². The Kier molecular flexibility index (Phi) is 7.27. The van der Waals surface area contributed by atoms with Crippen LogP contribution in [0.4, 0.5) is 9.59 Å². The molecule has 2 aliphatic rings. The molecular weight excluding hydrogens is 368 g/mol. The maximum Gasteiger partial charge on any atom is 0.327 e. The number of amides is 4. The molecule has 28 heavy (non-hydrogen) atoms. The van der Waals surface area contributed by atoms with E-state index in [1.807, 2.05) is 32.9 Å². The van der Waals surface area contributed by atoms with E-state index >= 15 is 0 Å². The van der Waals surface area contributed by atoms with Crippen LogP contribution in [-0.4, -0.2) is 104 Å². The monoisotopic (exact) mass is 400 g/mol. The largest absolute Gasteiger partial charge is 0.381 e. The van der Waals surface area contributed by atoms with Crippen molar-refractivity contribution in [1.29, 1.82) is 0 Å². The summed E-state index contributed by atoms with van der Waals surface area (Å²) in [7, 11) is 4.65. The van der Waals surface area contributed by atoms with Crippen LogP contribution in [-0.2, 0) is 18.9 Å². The third kappa shape index (κ3) is 3.24. The van der Waals surface area contributed by atoms with E-state index in [9.17, 15) is 9.59 Å². The van der Waals surface area contributed by atoms with Gasteiger partial charge in [-0.3, -0.25) is 19.6 Å². The van der Waals surface area contributed by atoms with Gasteiger partial charge in [-0.1, -0.05) is 12.2 Å². The van der Waals surface area contributed by atoms with Gasteiger partial charge in [0.2, 0.25) is 0 Å². The van der Waals surface area contributed by atoms with E-state index in [1.54, 1.807) is 26.7 Å². The minimum atomic E-state index is -0.998. The predicted molar refractivity (Wildman–Crippen MR) is 101 cm³/mol. The van der Waals surface area contributed by atoms with Gasteiger partial charge in [-0.25, -0.2) is 9.59 Å². The maximum absolute atomic E-state index is 13.2. The van der Waals surface area contributed by atoms with Crippen LogP contribution in [0.25, 0.3) is 0 Å². The maximum atomic E-state index is 13.2. The van der Waals surface area contributed by atoms with Crippen LogP contribution >= 0.6 is 0 Å². The molecule has 0 aromatic carbocycles. The van der Waals surface area contributed by atoms with Gasteiger partial charge in [-0.05, 0) is 20.8 Å². The molecule has 0 radical (unpaired) electrons. The minimum Gasteiger partial charge on any atom is -0.381 e. The summed E-state index contributed by atoms with van der Waals surface area (Å²) in [6.45, 7) is 7.01. The van der Waals surface area contributed by atoms with Crippen LogP contribution in [0.3, 0.4) is 0 Å². The van der Waals surface area contributed by atoms with Gasteiger partial charge in [0.15, 0.2) is 11.3 Å². The third-order valence-corrected chi connectivity index (χ3v) is 5.62. The zero-order valence-corrected chi connectivity index (χ0v) is 17.6. The van der Waals surface area contributed by atoms with Crippen molar-refractivity contribution in [3.05, 3.63) is 12.2 Å². The van der Waals surface area contributed by atoms with Crippen molar-refractivity contribution in [1.82, 2.24) is 19.6 Å². The fourth-order valence-electron chi connectivity index (χ4n) is 4.04. The van der Waals surface area contributed by atoms with E-state index in [2.05, 4.69) is 0 Å². The van der Waals surface area contributed by atoms with E-state index in [-0.39, 0.29) is 32.3 Å². The highest BCUT2D eigenvalue weighted by Gasteiger charge is 2.74. The number of rotatable bonds is 11. The second kappa shape index (κ2) is 9.08. The Bertz CT molecular complexity index is 603. The molecule has 4 amide bonds. The van der Waals surface area contributed by atoms with Gasteiger partial charge >= 0.3 is 12.1 Å². The Morgan fingerprint density at radius 1 is 0.750 bits per heavy atom. The van der Waals surface area contributed by atoms with E-state index in [4.69, 9.17) is 18.9 Å². The van der Waals surface area contributed by atoms with Gasteiger partial charge in [0.05, 0.1) is 13.2 Å². The number of ether oxygens (including phenoxy) is 4. The molecule has 0 aromatic rings. The molecule has 2 aliphatic heterocycles. The molecule has 0 N–H and O–H groups in total. The molecule has 2 fully saturated rings. The highest BCUT2D eigenvalue weighted by molar-refractivity contribution is 5.88. The first-order chi connectivity index (χ1) is 13.4. The Morgan fingerprint density at radius 3 is 1.71 bits per heavy atom. The summed E-state index contributed by atoms with van der Waals surface area (Å²) < 4.78 is 21.2. The molecular formula is C18H32N4O6. The molecule has 0 spiro atoms. The Labute approximate surface area is 166 Å². The van der Waals surface area contributed by atoms with Crippen LogP contribution in [0.15, 0.2) is 12.2 Å². The molecule has 0 saturated carbocycles. The van der Waals surface area contributed by atoms with Gasteiger partial charge in [0.25, 0.3) is 0 Å². The van der Waals surface area contributed by atoms with Crippen molar-refractivity contribution in [3.8, 4) is 0 Å². The number of hydrogen-bond acceptors (Lipinski definition) is 6. The Morgan fingerprint density at radius 2 is 1.21 bits per heavy atom. The topological polar surface area (TPSA) is 84.0 Å². The van der Waals surface area contributed by atoms with Crippen molar-refractivity contribution >= 4 is 12.1 Å². The highest BCUT2D eigenvalue weighted by Crippen LogP contribution is 2.50. The van der Waals surface area contributed by atoms with Crippen molar-refractivity contribution in [2.75, 3.05) is 61.3 Å². The third-order valence-electron chi connectivity index (χ3n) is 5.62. The lowest BCUT2D eigenvalue weighted by atomic mass is 9.95. The van der Waals surface area contributed by atoms with Gasteiger partial charge in [-0.2, -0.15) is 0 Å². The van der Waals surface area contributed by atoms with Crippen LogP contribution in [0.5, 0.6) is 0 Å². The predicted octanol–water partition coefficient (Wildman–Crippen LogP) is 1.30. The summed E-state index contributed by atoms with van der Waals surface area (Å²) in [6.07, 6.45) is 3.67. The number of carbonyl (C=O) groups excluding carboxylic acids is 2. The quantitative estimate of drug-likeness (QED) is 0.384. The first-order valence-electron chi connectivity index (χ1n) is 9.24. The standard InChI is InChI=1S/C18H32N4O6/c1-7-19-15(23)22(14-28-11-9-8-10-25-4)18(3)17(19,2)20(12-26-5)16(24)21(18)13-27-6/h8-9H,7,10-14H2,1-6H3/b9-8+. The van der Waals surface area contributed by atoms with Crippen LogP contribution in [0.2, 0.25) is 0 Å². The van der Waals surface area contributed by atoms with E-state index < -0.39 is 11.3 Å². The van der Waals surface area contributed by atoms with Crippen molar-refractivity contribution in [3.63, 3.8) is 0 Å². The second-order valence-corrected chi connectivity index (χ2v) is 6.90. The molecule has 2 heterocycles. The zero-order chi connectivity index (χ0) is 20.9. The summed E-state index contributed by atoms with van der Waals surface area (Å²) in [6, 6.07) is -0.465. The summed E-state index contributed by atoms with van der Waals surface area (Å²) in [4.78, 5) is 32.7. The average Bonchev–Trinajstić information content (AvgIpc) is 2.93. The fourth-order valence-corrected chi connectivity index (χ4v) is 4.04. The number of fused-ring (bicyclic) bond motifs is 1. The van der Waals surface area contributed by atoms with Gasteiger partial charge in [-0.15, -0.1) is 0 Å². The van der Waals surface area contributed by atoms with Gasteiger partial charge in [0.1, 0.15) is 20.2 Å². The molecule has 2 atom stereocenters. The molecule has 10 heteroatoms. The molecule has 160 valence electrons. The van der Waals surface area contributed by atoms with Gasteiger partial charge in [0, 0.05) is 27.9 Å². The lowest BCUT2D eigenvalue weighted by molar-refractivity contribution is -0.104. The lowest BCUT2D eigenvalue weighted by Gasteiger charge is -2.45. The molecule has 0 bridgehead atoms. The van der Waals surface area contributed by atoms with E-state index in [0.717, 1.165) is 0 Å². The molecule has 2 unspecified atom stereocenters. The van der Waals surface area contributed by atoms with Crippen molar-refractivity contribution in [2.24, 2.45) is 0 Å². The molecule has 0 aliphatic carbocycles. The van der Waals surface area contributed by atoms with Gasteiger partial charge < -0.3 is 18.9 Å². The first kappa shape index (κ1) is 22.4. The molecule has 2 rings (SSSR count). The SMILES string of the molecule is CCN1C(=O)N(COC/C=C/COC)C2(C)N(COC)C(=O)N(COC)C12C. The number of methoxy groups -OCH3 is 3. The van der Waals surface area contributed by atoms with Crippen LogP contribution in [0.1, 0.15) is 20.8 Å². The molecule has 10 nitrogen and oxygen atoms in total. The Hall–Kier alpha value is -1.88.